The molecule has 10 heteroatoms. The maximum atomic E-state index is 12.7. The topological polar surface area (TPSA) is 109 Å². The van der Waals surface area contributed by atoms with Crippen molar-refractivity contribution in [3.8, 4) is 11.1 Å². The molecule has 2 aliphatic rings. The van der Waals surface area contributed by atoms with Crippen LogP contribution in [0.3, 0.4) is 0 Å². The lowest BCUT2D eigenvalue weighted by Gasteiger charge is -2.32. The van der Waals surface area contributed by atoms with Gasteiger partial charge in [0.2, 0.25) is 5.91 Å². The summed E-state index contributed by atoms with van der Waals surface area (Å²) < 4.78 is 5.54. The number of carboxylic acids is 1. The second kappa shape index (κ2) is 10.1. The fraction of sp³-hybridized carbons (Fsp3) is 0.280. The van der Waals surface area contributed by atoms with Crippen molar-refractivity contribution in [3.63, 3.8) is 0 Å². The summed E-state index contributed by atoms with van der Waals surface area (Å²) in [5.74, 6) is -0.229. The average Bonchev–Trinajstić information content (AvgIpc) is 3.44. The van der Waals surface area contributed by atoms with E-state index in [1.54, 1.807) is 5.38 Å². The number of nitrogens with one attached hydrogen (secondary N) is 1. The summed E-state index contributed by atoms with van der Waals surface area (Å²) in [6.07, 6.45) is -0.629. The summed E-state index contributed by atoms with van der Waals surface area (Å²) in [7, 11) is 0. The molecule has 1 saturated heterocycles. The number of anilines is 1. The van der Waals surface area contributed by atoms with Gasteiger partial charge in [0.15, 0.2) is 5.13 Å². The zero-order chi connectivity index (χ0) is 24.4. The lowest BCUT2D eigenvalue weighted by atomic mass is 9.98. The number of aromatic nitrogens is 1. The first-order valence-corrected chi connectivity index (χ1v) is 13.2. The molecular weight excluding hydrogens is 486 g/mol. The number of hydrogen-bond acceptors (Lipinski definition) is 7. The lowest BCUT2D eigenvalue weighted by molar-refractivity contribution is -0.149. The molecule has 1 aromatic heterocycles. The largest absolute Gasteiger partial charge is 0.480 e. The van der Waals surface area contributed by atoms with E-state index in [9.17, 15) is 19.5 Å². The highest BCUT2D eigenvalue weighted by molar-refractivity contribution is 7.99. The summed E-state index contributed by atoms with van der Waals surface area (Å²) >= 11 is 2.72. The summed E-state index contributed by atoms with van der Waals surface area (Å²) in [6.45, 7) is 0.593. The van der Waals surface area contributed by atoms with Gasteiger partial charge in [0.25, 0.3) is 0 Å². The highest BCUT2D eigenvalue weighted by atomic mass is 32.2. The van der Waals surface area contributed by atoms with Crippen LogP contribution in [-0.2, 0) is 20.7 Å². The Kier molecular flexibility index (Phi) is 6.74. The Morgan fingerprint density at radius 3 is 2.46 bits per heavy atom. The van der Waals surface area contributed by atoms with Crippen LogP contribution in [0.1, 0.15) is 22.7 Å². The van der Waals surface area contributed by atoms with Gasteiger partial charge in [-0.2, -0.15) is 11.8 Å². The van der Waals surface area contributed by atoms with Crippen LogP contribution in [0.25, 0.3) is 11.1 Å². The molecule has 1 atom stereocenters. The van der Waals surface area contributed by atoms with Gasteiger partial charge in [-0.3, -0.25) is 10.1 Å². The zero-order valence-corrected chi connectivity index (χ0v) is 20.3. The molecule has 180 valence electrons. The fourth-order valence-electron chi connectivity index (χ4n) is 4.53. The van der Waals surface area contributed by atoms with Crippen molar-refractivity contribution in [1.29, 1.82) is 0 Å². The molecule has 35 heavy (non-hydrogen) atoms. The molecule has 3 aromatic rings. The van der Waals surface area contributed by atoms with Gasteiger partial charge < -0.3 is 14.7 Å². The molecule has 1 aliphatic heterocycles. The number of carboxylic acid groups (broad SMARTS) is 1. The third kappa shape index (κ3) is 4.89. The molecule has 1 unspecified atom stereocenters. The Morgan fingerprint density at radius 1 is 1.09 bits per heavy atom. The van der Waals surface area contributed by atoms with E-state index in [0.29, 0.717) is 28.9 Å². The van der Waals surface area contributed by atoms with Crippen molar-refractivity contribution in [2.24, 2.45) is 0 Å². The van der Waals surface area contributed by atoms with Crippen molar-refractivity contribution in [2.45, 2.75) is 18.4 Å². The maximum Gasteiger partial charge on any atom is 0.413 e. The van der Waals surface area contributed by atoms with Crippen molar-refractivity contribution in [2.75, 3.05) is 30.0 Å². The minimum absolute atomic E-state index is 0.0166. The Balaban J connectivity index is 1.18. The zero-order valence-electron chi connectivity index (χ0n) is 18.7. The van der Waals surface area contributed by atoms with Gasteiger partial charge in [0.1, 0.15) is 12.6 Å². The molecule has 0 saturated carbocycles. The molecule has 0 radical (unpaired) electrons. The number of carbonyl (C=O) groups is 3. The first-order valence-electron chi connectivity index (χ1n) is 11.2. The number of thioether (sulfide) groups is 1. The normalized spacial score (nSPS) is 16.9. The highest BCUT2D eigenvalue weighted by Crippen LogP contribution is 2.44. The fourth-order valence-corrected chi connectivity index (χ4v) is 6.26. The van der Waals surface area contributed by atoms with Crippen molar-refractivity contribution in [1.82, 2.24) is 9.88 Å². The standard InChI is InChI=1S/C25H23N3O5S2/c29-22(28-9-10-34-14-21(28)23(30)31)11-15-13-35-24(26-15)27-25(32)33-12-20-18-7-3-1-5-16(18)17-6-2-4-8-19(17)20/h1-8,13,20-21H,9-12,14H2,(H,30,31)(H,26,27,32). The van der Waals surface area contributed by atoms with E-state index < -0.39 is 18.1 Å². The third-order valence-corrected chi connectivity index (χ3v) is 8.00. The molecule has 2 heterocycles. The van der Waals surface area contributed by atoms with E-state index in [4.69, 9.17) is 4.74 Å². The van der Waals surface area contributed by atoms with Crippen molar-refractivity contribution >= 4 is 46.2 Å². The van der Waals surface area contributed by atoms with Gasteiger partial charge in [-0.1, -0.05) is 48.5 Å². The number of aliphatic carboxylic acids is 1. The Labute approximate surface area is 210 Å². The van der Waals surface area contributed by atoms with Crippen LogP contribution in [0.4, 0.5) is 9.93 Å². The second-order valence-electron chi connectivity index (χ2n) is 8.29. The SMILES string of the molecule is O=C(Nc1nc(CC(=O)N2CCSCC2C(=O)O)cs1)OCC1c2ccccc2-c2ccccc21. The summed E-state index contributed by atoms with van der Waals surface area (Å²) in [5, 5.41) is 14.0. The van der Waals surface area contributed by atoms with Gasteiger partial charge in [-0.15, -0.1) is 11.3 Å². The quantitative estimate of drug-likeness (QED) is 0.515. The Hall–Kier alpha value is -3.37. The molecule has 8 nitrogen and oxygen atoms in total. The maximum absolute atomic E-state index is 12.7. The number of amides is 2. The van der Waals surface area contributed by atoms with E-state index in [2.05, 4.69) is 34.6 Å². The van der Waals surface area contributed by atoms with Crippen LogP contribution >= 0.6 is 23.1 Å². The van der Waals surface area contributed by atoms with Crippen LogP contribution < -0.4 is 5.32 Å². The molecule has 0 bridgehead atoms. The van der Waals surface area contributed by atoms with E-state index in [-0.39, 0.29) is 24.9 Å². The summed E-state index contributed by atoms with van der Waals surface area (Å²) in [6, 6.07) is 15.4. The molecule has 2 amide bonds. The van der Waals surface area contributed by atoms with Crippen LogP contribution in [0.2, 0.25) is 0 Å². The number of rotatable bonds is 6. The summed E-state index contributed by atoms with van der Waals surface area (Å²) in [5.41, 5.74) is 5.06. The number of ether oxygens (including phenoxy) is 1. The van der Waals surface area contributed by atoms with E-state index in [1.807, 2.05) is 24.3 Å². The van der Waals surface area contributed by atoms with Gasteiger partial charge in [0.05, 0.1) is 12.1 Å². The predicted octanol–water partition coefficient (Wildman–Crippen LogP) is 4.08. The first-order chi connectivity index (χ1) is 17.0. The van der Waals surface area contributed by atoms with Crippen LogP contribution in [0.5, 0.6) is 0 Å². The van der Waals surface area contributed by atoms with Crippen molar-refractivity contribution in [3.05, 3.63) is 70.7 Å². The van der Waals surface area contributed by atoms with Crippen molar-refractivity contribution < 1.29 is 24.2 Å². The lowest BCUT2D eigenvalue weighted by Crippen LogP contribution is -2.50. The molecule has 5 rings (SSSR count). The van der Waals surface area contributed by atoms with Gasteiger partial charge in [-0.25, -0.2) is 14.6 Å². The Morgan fingerprint density at radius 2 is 1.77 bits per heavy atom. The first kappa shape index (κ1) is 23.4. The van der Waals surface area contributed by atoms with Gasteiger partial charge in [0, 0.05) is 29.3 Å². The number of carbonyl (C=O) groups excluding carboxylic acids is 2. The van der Waals surface area contributed by atoms with E-state index >= 15 is 0 Å². The van der Waals surface area contributed by atoms with E-state index in [0.717, 1.165) is 22.3 Å². The molecular formula is C25H23N3O5S2. The third-order valence-electron chi connectivity index (χ3n) is 6.17. The predicted molar refractivity (Wildman–Crippen MR) is 135 cm³/mol. The molecule has 0 spiro atoms. The number of nitrogens with zero attached hydrogens (tertiary/aromatic N) is 2. The van der Waals surface area contributed by atoms with E-state index in [1.165, 1.54) is 28.0 Å². The molecule has 2 aromatic carbocycles. The number of fused-ring (bicyclic) bond motifs is 3. The minimum atomic E-state index is -0.999. The minimum Gasteiger partial charge on any atom is -0.480 e. The number of thiazole rings is 1. The second-order valence-corrected chi connectivity index (χ2v) is 10.3. The van der Waals surface area contributed by atoms with Crippen LogP contribution in [-0.4, -0.2) is 63.7 Å². The number of benzene rings is 2. The van der Waals surface area contributed by atoms with Gasteiger partial charge >= 0.3 is 12.1 Å². The van der Waals surface area contributed by atoms with Gasteiger partial charge in [-0.05, 0) is 22.3 Å². The average molecular weight is 510 g/mol. The van der Waals surface area contributed by atoms with Crippen LogP contribution in [0.15, 0.2) is 53.9 Å². The van der Waals surface area contributed by atoms with Crippen LogP contribution in [0, 0.1) is 0 Å². The molecule has 1 fully saturated rings. The number of hydrogen-bond donors (Lipinski definition) is 2. The Bertz CT molecular complexity index is 1230. The monoisotopic (exact) mass is 509 g/mol. The smallest absolute Gasteiger partial charge is 0.413 e. The molecule has 2 N–H and O–H groups in total. The summed E-state index contributed by atoms with van der Waals surface area (Å²) in [4.78, 5) is 42.3. The molecule has 1 aliphatic carbocycles. The highest BCUT2D eigenvalue weighted by Gasteiger charge is 2.33.